The Balaban J connectivity index is 4.20. The lowest BCUT2D eigenvalue weighted by molar-refractivity contribution is 0.228. The van der Waals surface area contributed by atoms with Gasteiger partial charge >= 0.3 is 0 Å². The Bertz CT molecular complexity index is 180. The minimum Gasteiger partial charge on any atom is -0.314 e. The molecule has 0 heterocycles. The van der Waals surface area contributed by atoms with Crippen molar-refractivity contribution in [3.63, 3.8) is 0 Å². The number of hydrogen-bond donors (Lipinski definition) is 1. The Morgan fingerprint density at radius 1 is 0.944 bits per heavy atom. The van der Waals surface area contributed by atoms with Crippen LogP contribution < -0.4 is 5.32 Å². The van der Waals surface area contributed by atoms with Crippen LogP contribution in [0.4, 0.5) is 0 Å². The molecule has 0 aliphatic rings. The van der Waals surface area contributed by atoms with Crippen LogP contribution in [0.25, 0.3) is 0 Å². The van der Waals surface area contributed by atoms with Gasteiger partial charge in [-0.05, 0) is 38.1 Å². The van der Waals surface area contributed by atoms with Gasteiger partial charge in [0.05, 0.1) is 0 Å². The van der Waals surface area contributed by atoms with E-state index in [2.05, 4.69) is 47.0 Å². The zero-order valence-electron chi connectivity index (χ0n) is 13.8. The highest BCUT2D eigenvalue weighted by Gasteiger charge is 2.27. The lowest BCUT2D eigenvalue weighted by Gasteiger charge is -2.36. The van der Waals surface area contributed by atoms with Gasteiger partial charge in [0.2, 0.25) is 0 Å². The van der Waals surface area contributed by atoms with E-state index in [9.17, 15) is 0 Å². The summed E-state index contributed by atoms with van der Waals surface area (Å²) in [6.45, 7) is 11.7. The van der Waals surface area contributed by atoms with Crippen LogP contribution >= 0.6 is 0 Å². The van der Waals surface area contributed by atoms with E-state index < -0.39 is 0 Å². The monoisotopic (exact) mass is 255 g/mol. The maximum absolute atomic E-state index is 3.65. The van der Waals surface area contributed by atoms with Crippen molar-refractivity contribution >= 4 is 0 Å². The van der Waals surface area contributed by atoms with E-state index >= 15 is 0 Å². The summed E-state index contributed by atoms with van der Waals surface area (Å²) in [5.41, 5.74) is 0.404. The summed E-state index contributed by atoms with van der Waals surface area (Å²) < 4.78 is 0. The fourth-order valence-electron chi connectivity index (χ4n) is 3.28. The second-order valence-corrected chi connectivity index (χ2v) is 6.66. The van der Waals surface area contributed by atoms with Crippen LogP contribution in [0.5, 0.6) is 0 Å². The minimum atomic E-state index is 0.404. The summed E-state index contributed by atoms with van der Waals surface area (Å²) >= 11 is 0. The third-order valence-electron chi connectivity index (χ3n) is 4.21. The Morgan fingerprint density at radius 2 is 1.50 bits per heavy atom. The second-order valence-electron chi connectivity index (χ2n) is 6.66. The molecule has 1 atom stereocenters. The van der Waals surface area contributed by atoms with Crippen LogP contribution in [-0.4, -0.2) is 12.6 Å². The molecule has 0 fully saturated rings. The molecule has 0 bridgehead atoms. The molecule has 0 saturated heterocycles. The van der Waals surface area contributed by atoms with Crippen LogP contribution in [-0.2, 0) is 0 Å². The summed E-state index contributed by atoms with van der Waals surface area (Å²) in [4.78, 5) is 0. The third kappa shape index (κ3) is 7.41. The van der Waals surface area contributed by atoms with Crippen molar-refractivity contribution in [2.45, 2.75) is 91.5 Å². The van der Waals surface area contributed by atoms with Gasteiger partial charge in [0, 0.05) is 5.54 Å². The molecule has 1 unspecified atom stereocenters. The Morgan fingerprint density at radius 3 is 1.89 bits per heavy atom. The van der Waals surface area contributed by atoms with Gasteiger partial charge in [-0.2, -0.15) is 0 Å². The maximum Gasteiger partial charge on any atom is 0.0180 e. The van der Waals surface area contributed by atoms with Crippen molar-refractivity contribution in [3.8, 4) is 0 Å². The molecular formula is C17H37N. The first-order valence-electron chi connectivity index (χ1n) is 8.18. The quantitative estimate of drug-likeness (QED) is 0.521. The van der Waals surface area contributed by atoms with Gasteiger partial charge in [0.25, 0.3) is 0 Å². The van der Waals surface area contributed by atoms with E-state index in [1.807, 2.05) is 0 Å². The fraction of sp³-hybridized carbons (Fsp3) is 1.00. The lowest BCUT2D eigenvalue weighted by atomic mass is 9.79. The molecule has 0 aliphatic carbocycles. The van der Waals surface area contributed by atoms with Crippen LogP contribution in [0.3, 0.4) is 0 Å². The molecule has 0 aromatic rings. The van der Waals surface area contributed by atoms with E-state index in [1.165, 1.54) is 51.4 Å². The average molecular weight is 255 g/mol. The van der Waals surface area contributed by atoms with E-state index in [0.717, 1.165) is 11.8 Å². The first-order valence-corrected chi connectivity index (χ1v) is 8.18. The number of hydrogen-bond acceptors (Lipinski definition) is 1. The van der Waals surface area contributed by atoms with Crippen LogP contribution in [0.15, 0.2) is 0 Å². The maximum atomic E-state index is 3.65. The van der Waals surface area contributed by atoms with Crippen molar-refractivity contribution in [1.82, 2.24) is 5.32 Å². The van der Waals surface area contributed by atoms with Gasteiger partial charge < -0.3 is 5.32 Å². The smallest absolute Gasteiger partial charge is 0.0180 e. The average Bonchev–Trinajstić information content (AvgIpc) is 2.29. The van der Waals surface area contributed by atoms with Gasteiger partial charge in [0.15, 0.2) is 0 Å². The molecule has 0 radical (unpaired) electrons. The molecular weight excluding hydrogens is 218 g/mol. The van der Waals surface area contributed by atoms with Crippen molar-refractivity contribution in [2.75, 3.05) is 7.05 Å². The summed E-state index contributed by atoms with van der Waals surface area (Å²) in [7, 11) is 2.16. The molecule has 0 rings (SSSR count). The molecule has 0 spiro atoms. The molecule has 110 valence electrons. The van der Waals surface area contributed by atoms with Crippen LogP contribution in [0.2, 0.25) is 0 Å². The highest BCUT2D eigenvalue weighted by molar-refractivity contribution is 4.87. The van der Waals surface area contributed by atoms with E-state index in [-0.39, 0.29) is 0 Å². The van der Waals surface area contributed by atoms with Gasteiger partial charge in [-0.25, -0.2) is 0 Å². The minimum absolute atomic E-state index is 0.404. The Labute approximate surface area is 116 Å². The largest absolute Gasteiger partial charge is 0.314 e. The summed E-state index contributed by atoms with van der Waals surface area (Å²) in [6.07, 6.45) is 10.8. The Kier molecular flexibility index (Phi) is 9.81. The van der Waals surface area contributed by atoms with Crippen molar-refractivity contribution < 1.29 is 0 Å². The topological polar surface area (TPSA) is 12.0 Å². The zero-order chi connectivity index (χ0) is 14.0. The molecule has 1 heteroatoms. The second kappa shape index (κ2) is 9.83. The predicted octanol–water partition coefficient (Wildman–Crippen LogP) is 5.40. The fourth-order valence-corrected chi connectivity index (χ4v) is 3.28. The molecule has 0 aliphatic heterocycles. The van der Waals surface area contributed by atoms with Gasteiger partial charge in [0.1, 0.15) is 0 Å². The standard InChI is InChI=1S/C17H37N/c1-7-12-17(18-6,13-8-2)14-16(5)11-9-10-15(3)4/h15-16,18H,7-14H2,1-6H3. The molecule has 0 amide bonds. The first kappa shape index (κ1) is 18.0. The van der Waals surface area contributed by atoms with E-state index in [1.54, 1.807) is 0 Å². The highest BCUT2D eigenvalue weighted by atomic mass is 14.9. The highest BCUT2D eigenvalue weighted by Crippen LogP contribution is 2.29. The summed E-state index contributed by atoms with van der Waals surface area (Å²) in [5, 5.41) is 3.65. The molecule has 0 aromatic carbocycles. The van der Waals surface area contributed by atoms with Crippen LogP contribution in [0, 0.1) is 11.8 Å². The number of nitrogens with one attached hydrogen (secondary N) is 1. The molecule has 1 N–H and O–H groups in total. The normalized spacial score (nSPS) is 14.2. The van der Waals surface area contributed by atoms with Crippen LogP contribution in [0.1, 0.15) is 86.0 Å². The molecule has 1 nitrogen and oxygen atoms in total. The summed E-state index contributed by atoms with van der Waals surface area (Å²) in [6, 6.07) is 0. The van der Waals surface area contributed by atoms with Gasteiger partial charge in [-0.1, -0.05) is 66.7 Å². The van der Waals surface area contributed by atoms with E-state index in [0.29, 0.717) is 5.54 Å². The molecule has 18 heavy (non-hydrogen) atoms. The predicted molar refractivity (Wildman–Crippen MR) is 84.1 cm³/mol. The van der Waals surface area contributed by atoms with Crippen molar-refractivity contribution in [3.05, 3.63) is 0 Å². The van der Waals surface area contributed by atoms with Gasteiger partial charge in [-0.3, -0.25) is 0 Å². The summed E-state index contributed by atoms with van der Waals surface area (Å²) in [5.74, 6) is 1.71. The van der Waals surface area contributed by atoms with Crippen molar-refractivity contribution in [1.29, 1.82) is 0 Å². The Hall–Kier alpha value is -0.0400. The van der Waals surface area contributed by atoms with E-state index in [4.69, 9.17) is 0 Å². The first-order chi connectivity index (χ1) is 8.49. The zero-order valence-corrected chi connectivity index (χ0v) is 13.8. The number of rotatable bonds is 11. The van der Waals surface area contributed by atoms with Crippen molar-refractivity contribution in [2.24, 2.45) is 11.8 Å². The molecule has 0 aromatic heterocycles. The SMILES string of the molecule is CCCC(CCC)(CC(C)CCCC(C)C)NC. The van der Waals surface area contributed by atoms with Gasteiger partial charge in [-0.15, -0.1) is 0 Å². The lowest BCUT2D eigenvalue weighted by Crippen LogP contribution is -2.44. The third-order valence-corrected chi connectivity index (χ3v) is 4.21. The molecule has 0 saturated carbocycles.